The molecule has 1 aromatic carbocycles. The average molecular weight is 384 g/mol. The first-order chi connectivity index (χ1) is 13.1. The van der Waals surface area contributed by atoms with E-state index in [1.807, 2.05) is 37.3 Å². The summed E-state index contributed by atoms with van der Waals surface area (Å²) < 4.78 is 1.76. The van der Waals surface area contributed by atoms with Crippen LogP contribution in [0, 0.1) is 6.92 Å². The number of nitrogens with zero attached hydrogens (tertiary/aromatic N) is 4. The van der Waals surface area contributed by atoms with Crippen molar-refractivity contribution in [1.29, 1.82) is 0 Å². The van der Waals surface area contributed by atoms with E-state index in [-0.39, 0.29) is 28.8 Å². The molecule has 0 N–H and O–H groups in total. The second kappa shape index (κ2) is 7.19. The number of carbonyl (C=O) groups is 3. The Kier molecular flexibility index (Phi) is 4.73. The summed E-state index contributed by atoms with van der Waals surface area (Å²) in [5, 5.41) is 4.21. The van der Waals surface area contributed by atoms with Crippen molar-refractivity contribution < 1.29 is 14.4 Å². The van der Waals surface area contributed by atoms with Crippen LogP contribution < -0.4 is 0 Å². The number of para-hydroxylation sites is 1. The van der Waals surface area contributed by atoms with Crippen LogP contribution in [0.2, 0.25) is 0 Å². The maximum Gasteiger partial charge on any atom is 0.289 e. The van der Waals surface area contributed by atoms with Crippen LogP contribution in [0.3, 0.4) is 0 Å². The second-order valence-electron chi connectivity index (χ2n) is 6.73. The van der Waals surface area contributed by atoms with Crippen LogP contribution in [-0.4, -0.2) is 61.5 Å². The molecule has 2 aliphatic rings. The van der Waals surface area contributed by atoms with E-state index in [4.69, 9.17) is 0 Å². The summed E-state index contributed by atoms with van der Waals surface area (Å²) in [6, 6.07) is 9.60. The third kappa shape index (κ3) is 3.25. The minimum Gasteiger partial charge on any atom is -0.338 e. The Hall–Kier alpha value is -2.61. The molecule has 0 atom stereocenters. The summed E-state index contributed by atoms with van der Waals surface area (Å²) >= 11 is 1.06. The molecule has 0 unspecified atom stereocenters. The number of imide groups is 1. The van der Waals surface area contributed by atoms with Gasteiger partial charge in [0.05, 0.1) is 28.9 Å². The van der Waals surface area contributed by atoms with Gasteiger partial charge in [-0.05, 0) is 31.9 Å². The van der Waals surface area contributed by atoms with Crippen molar-refractivity contribution in [1.82, 2.24) is 19.6 Å². The van der Waals surface area contributed by atoms with Crippen LogP contribution in [0.5, 0.6) is 0 Å². The van der Waals surface area contributed by atoms with Crippen LogP contribution in [0.1, 0.15) is 28.9 Å². The molecule has 0 saturated carbocycles. The highest BCUT2D eigenvalue weighted by atomic mass is 32.2. The molecule has 140 valence electrons. The second-order valence-corrected chi connectivity index (χ2v) is 7.66. The molecule has 8 heteroatoms. The molecule has 4 rings (SSSR count). The van der Waals surface area contributed by atoms with Gasteiger partial charge in [0.1, 0.15) is 0 Å². The SMILES string of the molecule is Cc1c(C(=O)N2CCC(N3C(=O)CSC3=O)CC2)cnn1-c1ccccc1. The molecule has 0 radical (unpaired) electrons. The molecule has 7 nitrogen and oxygen atoms in total. The number of aromatic nitrogens is 2. The summed E-state index contributed by atoms with van der Waals surface area (Å²) in [7, 11) is 0. The largest absolute Gasteiger partial charge is 0.338 e. The van der Waals surface area contributed by atoms with Crippen LogP contribution in [-0.2, 0) is 4.79 Å². The van der Waals surface area contributed by atoms with Gasteiger partial charge in [-0.2, -0.15) is 5.10 Å². The molecule has 2 saturated heterocycles. The summed E-state index contributed by atoms with van der Waals surface area (Å²) in [5.41, 5.74) is 2.30. The highest BCUT2D eigenvalue weighted by Gasteiger charge is 2.38. The smallest absolute Gasteiger partial charge is 0.289 e. The zero-order valence-corrected chi connectivity index (χ0v) is 15.8. The van der Waals surface area contributed by atoms with Crippen LogP contribution in [0.25, 0.3) is 5.69 Å². The molecule has 0 aliphatic carbocycles. The van der Waals surface area contributed by atoms with Gasteiger partial charge in [-0.15, -0.1) is 0 Å². The van der Waals surface area contributed by atoms with E-state index >= 15 is 0 Å². The number of hydrogen-bond acceptors (Lipinski definition) is 5. The van der Waals surface area contributed by atoms with Crippen molar-refractivity contribution >= 4 is 28.8 Å². The minimum atomic E-state index is -0.162. The number of piperidine rings is 1. The van der Waals surface area contributed by atoms with Crippen molar-refractivity contribution in [2.45, 2.75) is 25.8 Å². The van der Waals surface area contributed by atoms with Crippen molar-refractivity contribution in [3.8, 4) is 5.69 Å². The summed E-state index contributed by atoms with van der Waals surface area (Å²) in [4.78, 5) is 39.9. The Morgan fingerprint density at radius 3 is 2.48 bits per heavy atom. The quantitative estimate of drug-likeness (QED) is 0.813. The van der Waals surface area contributed by atoms with E-state index in [9.17, 15) is 14.4 Å². The lowest BCUT2D eigenvalue weighted by atomic mass is 10.0. The molecule has 2 fully saturated rings. The fourth-order valence-corrected chi connectivity index (χ4v) is 4.44. The highest BCUT2D eigenvalue weighted by molar-refractivity contribution is 8.14. The van der Waals surface area contributed by atoms with Crippen molar-refractivity contribution in [2.24, 2.45) is 0 Å². The van der Waals surface area contributed by atoms with Gasteiger partial charge in [-0.25, -0.2) is 4.68 Å². The molecule has 2 aromatic rings. The van der Waals surface area contributed by atoms with Crippen LogP contribution in [0.15, 0.2) is 36.5 Å². The zero-order valence-electron chi connectivity index (χ0n) is 15.0. The Labute approximate surface area is 161 Å². The van der Waals surface area contributed by atoms with E-state index < -0.39 is 0 Å². The van der Waals surface area contributed by atoms with Gasteiger partial charge >= 0.3 is 0 Å². The van der Waals surface area contributed by atoms with Gasteiger partial charge in [0.25, 0.3) is 11.1 Å². The van der Waals surface area contributed by atoms with Crippen molar-refractivity contribution in [2.75, 3.05) is 18.8 Å². The van der Waals surface area contributed by atoms with E-state index in [0.29, 0.717) is 31.5 Å². The molecular formula is C19H20N4O3S. The first-order valence-electron chi connectivity index (χ1n) is 8.94. The van der Waals surface area contributed by atoms with Crippen LogP contribution >= 0.6 is 11.8 Å². The van der Waals surface area contributed by atoms with Gasteiger partial charge in [-0.1, -0.05) is 30.0 Å². The van der Waals surface area contributed by atoms with E-state index in [2.05, 4.69) is 5.10 Å². The third-order valence-corrected chi connectivity index (χ3v) is 5.98. The molecule has 3 heterocycles. The summed E-state index contributed by atoms with van der Waals surface area (Å²) in [6.07, 6.45) is 2.85. The lowest BCUT2D eigenvalue weighted by Crippen LogP contribution is -2.48. The topological polar surface area (TPSA) is 75.5 Å². The van der Waals surface area contributed by atoms with E-state index in [1.165, 1.54) is 4.90 Å². The predicted molar refractivity (Wildman–Crippen MR) is 102 cm³/mol. The summed E-state index contributed by atoms with van der Waals surface area (Å²) in [6.45, 7) is 2.95. The maximum atomic E-state index is 12.9. The monoisotopic (exact) mass is 384 g/mol. The number of benzene rings is 1. The normalized spacial score (nSPS) is 18.4. The fraction of sp³-hybridized carbons (Fsp3) is 0.368. The van der Waals surface area contributed by atoms with Gasteiger partial charge in [0, 0.05) is 19.1 Å². The maximum absolute atomic E-state index is 12.9. The Balaban J connectivity index is 1.45. The number of hydrogen-bond donors (Lipinski definition) is 0. The standard InChI is InChI=1S/C19H20N4O3S/c1-13-16(11-20-23(13)15-5-3-2-4-6-15)18(25)21-9-7-14(8-10-21)22-17(24)12-27-19(22)26/h2-6,11,14H,7-10,12H2,1H3. The van der Waals surface area contributed by atoms with E-state index in [0.717, 1.165) is 23.1 Å². The predicted octanol–water partition coefficient (Wildman–Crippen LogP) is 2.48. The summed E-state index contributed by atoms with van der Waals surface area (Å²) in [5.74, 6) is 0.0619. The van der Waals surface area contributed by atoms with Gasteiger partial charge in [0.2, 0.25) is 5.91 Å². The van der Waals surface area contributed by atoms with Gasteiger partial charge in [-0.3, -0.25) is 19.3 Å². The highest BCUT2D eigenvalue weighted by Crippen LogP contribution is 2.27. The lowest BCUT2D eigenvalue weighted by molar-refractivity contribution is -0.126. The Morgan fingerprint density at radius 1 is 1.15 bits per heavy atom. The lowest BCUT2D eigenvalue weighted by Gasteiger charge is -2.35. The minimum absolute atomic E-state index is 0.0541. The Morgan fingerprint density at radius 2 is 1.85 bits per heavy atom. The molecule has 27 heavy (non-hydrogen) atoms. The number of thioether (sulfide) groups is 1. The average Bonchev–Trinajstić information content (AvgIpc) is 3.24. The molecule has 1 aromatic heterocycles. The number of rotatable bonds is 3. The molecule has 0 spiro atoms. The van der Waals surface area contributed by atoms with Crippen molar-refractivity contribution in [3.05, 3.63) is 47.8 Å². The van der Waals surface area contributed by atoms with Gasteiger partial charge < -0.3 is 4.90 Å². The fourth-order valence-electron chi connectivity index (χ4n) is 3.66. The van der Waals surface area contributed by atoms with E-state index in [1.54, 1.807) is 15.8 Å². The molecular weight excluding hydrogens is 364 g/mol. The first-order valence-corrected chi connectivity index (χ1v) is 9.93. The number of likely N-dealkylation sites (tertiary alicyclic amines) is 1. The zero-order chi connectivity index (χ0) is 19.0. The molecule has 0 bridgehead atoms. The first kappa shape index (κ1) is 17.8. The molecule has 3 amide bonds. The molecule has 2 aliphatic heterocycles. The van der Waals surface area contributed by atoms with Crippen molar-refractivity contribution in [3.63, 3.8) is 0 Å². The van der Waals surface area contributed by atoms with Gasteiger partial charge in [0.15, 0.2) is 0 Å². The third-order valence-electron chi connectivity index (χ3n) is 5.14. The number of carbonyl (C=O) groups excluding carboxylic acids is 3. The number of amides is 3. The Bertz CT molecular complexity index is 872. The van der Waals surface area contributed by atoms with Crippen LogP contribution in [0.4, 0.5) is 4.79 Å².